The van der Waals surface area contributed by atoms with Crippen molar-refractivity contribution in [3.8, 4) is 0 Å². The molecule has 0 heterocycles. The third-order valence-corrected chi connectivity index (χ3v) is 4.60. The molecule has 22 heavy (non-hydrogen) atoms. The molecule has 1 aliphatic carbocycles. The van der Waals surface area contributed by atoms with Gasteiger partial charge in [-0.3, -0.25) is 4.79 Å². The van der Waals surface area contributed by atoms with Gasteiger partial charge in [0.05, 0.1) is 12.0 Å². The van der Waals surface area contributed by atoms with Crippen LogP contribution >= 0.6 is 0 Å². The highest BCUT2D eigenvalue weighted by molar-refractivity contribution is 5.96. The first-order chi connectivity index (χ1) is 10.6. The minimum Gasteiger partial charge on any atom is -0.465 e. The van der Waals surface area contributed by atoms with E-state index >= 15 is 0 Å². The molecule has 2 unspecified atom stereocenters. The highest BCUT2D eigenvalue weighted by Gasteiger charge is 2.62. The lowest BCUT2D eigenvalue weighted by Crippen LogP contribution is -2.29. The average Bonchev–Trinajstić information content (AvgIpc) is 3.21. The Morgan fingerprint density at radius 2 is 1.95 bits per heavy atom. The van der Waals surface area contributed by atoms with Crippen molar-refractivity contribution in [2.24, 2.45) is 5.92 Å². The molecule has 1 saturated carbocycles. The smallest absolute Gasteiger partial charge is 0.316 e. The second kappa shape index (κ2) is 5.73. The fourth-order valence-corrected chi connectivity index (χ4v) is 3.56. The van der Waals surface area contributed by atoms with Crippen LogP contribution in [0.1, 0.15) is 18.9 Å². The molecule has 0 radical (unpaired) electrons. The van der Waals surface area contributed by atoms with Crippen LogP contribution in [0, 0.1) is 5.92 Å². The summed E-state index contributed by atoms with van der Waals surface area (Å²) in [4.78, 5) is 14.9. The molecule has 2 aromatic carbocycles. The van der Waals surface area contributed by atoms with Gasteiger partial charge in [0.15, 0.2) is 0 Å². The average molecular weight is 297 g/mol. The number of ether oxygens (including phenoxy) is 1. The van der Waals surface area contributed by atoms with E-state index in [4.69, 9.17) is 4.74 Å². The zero-order chi connectivity index (χ0) is 15.7. The van der Waals surface area contributed by atoms with Gasteiger partial charge in [0.25, 0.3) is 0 Å². The summed E-state index contributed by atoms with van der Waals surface area (Å²) in [7, 11) is 4.11. The van der Waals surface area contributed by atoms with Crippen LogP contribution in [0.2, 0.25) is 0 Å². The maximum Gasteiger partial charge on any atom is 0.316 e. The fourth-order valence-electron chi connectivity index (χ4n) is 3.56. The van der Waals surface area contributed by atoms with Crippen molar-refractivity contribution < 1.29 is 9.53 Å². The molecule has 2 atom stereocenters. The first-order valence-electron chi connectivity index (χ1n) is 7.89. The fraction of sp³-hybridized carbons (Fsp3) is 0.421. The Hall–Kier alpha value is -1.87. The Morgan fingerprint density at radius 1 is 1.23 bits per heavy atom. The Balaban J connectivity index is 2.08. The number of fused-ring (bicyclic) bond motifs is 1. The molecule has 0 amide bonds. The van der Waals surface area contributed by atoms with Crippen LogP contribution in [-0.2, 0) is 14.9 Å². The molecule has 1 aliphatic rings. The van der Waals surface area contributed by atoms with E-state index < -0.39 is 5.41 Å². The van der Waals surface area contributed by atoms with Crippen molar-refractivity contribution in [3.05, 3.63) is 48.0 Å². The van der Waals surface area contributed by atoms with E-state index in [0.29, 0.717) is 12.5 Å². The maximum atomic E-state index is 12.7. The minimum atomic E-state index is -0.471. The zero-order valence-electron chi connectivity index (χ0n) is 13.5. The van der Waals surface area contributed by atoms with Crippen LogP contribution in [0.3, 0.4) is 0 Å². The summed E-state index contributed by atoms with van der Waals surface area (Å²) in [5.74, 6) is 0.255. The second-order valence-electron chi connectivity index (χ2n) is 6.38. The summed E-state index contributed by atoms with van der Waals surface area (Å²) < 4.78 is 5.43. The van der Waals surface area contributed by atoms with Gasteiger partial charge in [-0.1, -0.05) is 42.5 Å². The lowest BCUT2D eigenvalue weighted by atomic mass is 9.88. The van der Waals surface area contributed by atoms with Gasteiger partial charge < -0.3 is 9.64 Å². The molecule has 0 saturated heterocycles. The topological polar surface area (TPSA) is 29.5 Å². The highest BCUT2D eigenvalue weighted by atomic mass is 16.5. The van der Waals surface area contributed by atoms with Crippen molar-refractivity contribution >= 4 is 16.7 Å². The third-order valence-electron chi connectivity index (χ3n) is 4.60. The molecule has 0 aromatic heterocycles. The van der Waals surface area contributed by atoms with Gasteiger partial charge in [0.1, 0.15) is 0 Å². The molecule has 3 heteroatoms. The Kier molecular flexibility index (Phi) is 3.92. The zero-order valence-corrected chi connectivity index (χ0v) is 13.5. The van der Waals surface area contributed by atoms with Crippen LogP contribution in [0.4, 0.5) is 0 Å². The molecule has 3 rings (SSSR count). The number of nitrogens with zero attached hydrogens (tertiary/aromatic N) is 1. The number of hydrogen-bond acceptors (Lipinski definition) is 3. The van der Waals surface area contributed by atoms with Gasteiger partial charge in [0, 0.05) is 6.54 Å². The summed E-state index contributed by atoms with van der Waals surface area (Å²) in [5, 5.41) is 2.35. The normalized spacial score (nSPS) is 23.7. The molecule has 0 spiro atoms. The van der Waals surface area contributed by atoms with Gasteiger partial charge in [-0.2, -0.15) is 0 Å². The standard InChI is InChI=1S/C19H23NO2/c1-4-22-18(21)19(12-15(19)13-20(2)3)17-11-7-9-14-8-5-6-10-16(14)17/h5-11,15H,4,12-13H2,1-3H3. The van der Waals surface area contributed by atoms with E-state index in [1.165, 1.54) is 10.8 Å². The largest absolute Gasteiger partial charge is 0.465 e. The van der Waals surface area contributed by atoms with Crippen molar-refractivity contribution in [2.45, 2.75) is 18.8 Å². The maximum absolute atomic E-state index is 12.7. The van der Waals surface area contributed by atoms with Gasteiger partial charge in [-0.15, -0.1) is 0 Å². The molecule has 0 N–H and O–H groups in total. The number of carbonyl (C=O) groups excluding carboxylic acids is 1. The molecular formula is C19H23NO2. The lowest BCUT2D eigenvalue weighted by molar-refractivity contribution is -0.146. The van der Waals surface area contributed by atoms with Crippen LogP contribution in [-0.4, -0.2) is 38.1 Å². The van der Waals surface area contributed by atoms with Gasteiger partial charge >= 0.3 is 5.97 Å². The second-order valence-corrected chi connectivity index (χ2v) is 6.38. The Labute approximate surface area is 131 Å². The first kappa shape index (κ1) is 15.0. The predicted octanol–water partition coefficient (Wildman–Crippen LogP) is 3.22. The Bertz CT molecular complexity index is 689. The number of rotatable bonds is 5. The quantitative estimate of drug-likeness (QED) is 0.794. The third kappa shape index (κ3) is 2.40. The van der Waals surface area contributed by atoms with E-state index in [1.807, 2.05) is 25.1 Å². The molecular weight excluding hydrogens is 274 g/mol. The van der Waals surface area contributed by atoms with Gasteiger partial charge in [-0.05, 0) is 49.7 Å². The van der Waals surface area contributed by atoms with Crippen LogP contribution in [0.25, 0.3) is 10.8 Å². The van der Waals surface area contributed by atoms with Crippen molar-refractivity contribution in [3.63, 3.8) is 0 Å². The summed E-state index contributed by atoms with van der Waals surface area (Å²) in [5.41, 5.74) is 0.650. The molecule has 116 valence electrons. The lowest BCUT2D eigenvalue weighted by Gasteiger charge is -2.20. The number of esters is 1. The molecule has 0 bridgehead atoms. The monoisotopic (exact) mass is 297 g/mol. The molecule has 3 nitrogen and oxygen atoms in total. The van der Waals surface area contributed by atoms with Crippen LogP contribution in [0.5, 0.6) is 0 Å². The van der Waals surface area contributed by atoms with Crippen LogP contribution < -0.4 is 0 Å². The SMILES string of the molecule is CCOC(=O)C1(c2cccc3ccccc23)CC1CN(C)C. The minimum absolute atomic E-state index is 0.0711. The van der Waals surface area contributed by atoms with E-state index in [0.717, 1.165) is 18.5 Å². The summed E-state index contributed by atoms with van der Waals surface area (Å²) in [6, 6.07) is 14.5. The number of hydrogen-bond donors (Lipinski definition) is 0. The number of carbonyl (C=O) groups is 1. The predicted molar refractivity (Wildman–Crippen MR) is 88.9 cm³/mol. The van der Waals surface area contributed by atoms with E-state index in [9.17, 15) is 4.79 Å². The van der Waals surface area contributed by atoms with Crippen LogP contribution in [0.15, 0.2) is 42.5 Å². The van der Waals surface area contributed by atoms with Gasteiger partial charge in [0.2, 0.25) is 0 Å². The molecule has 2 aromatic rings. The highest BCUT2D eigenvalue weighted by Crippen LogP contribution is 2.56. The van der Waals surface area contributed by atoms with Crippen molar-refractivity contribution in [2.75, 3.05) is 27.2 Å². The summed E-state index contributed by atoms with van der Waals surface area (Å²) in [6.45, 7) is 3.21. The molecule has 0 aliphatic heterocycles. The van der Waals surface area contributed by atoms with Crippen molar-refractivity contribution in [1.82, 2.24) is 4.90 Å². The summed E-state index contributed by atoms with van der Waals surface area (Å²) in [6.07, 6.45) is 0.873. The van der Waals surface area contributed by atoms with E-state index in [2.05, 4.69) is 43.3 Å². The van der Waals surface area contributed by atoms with Crippen molar-refractivity contribution in [1.29, 1.82) is 0 Å². The van der Waals surface area contributed by atoms with E-state index in [1.54, 1.807) is 0 Å². The Morgan fingerprint density at radius 3 is 2.68 bits per heavy atom. The van der Waals surface area contributed by atoms with Gasteiger partial charge in [-0.25, -0.2) is 0 Å². The first-order valence-corrected chi connectivity index (χ1v) is 7.89. The number of benzene rings is 2. The van der Waals surface area contributed by atoms with E-state index in [-0.39, 0.29) is 5.97 Å². The summed E-state index contributed by atoms with van der Waals surface area (Å²) >= 11 is 0. The molecule has 1 fully saturated rings.